The summed E-state index contributed by atoms with van der Waals surface area (Å²) in [7, 11) is 1.81. The Hall–Kier alpha value is -0.540. The number of hydrogen-bond acceptors (Lipinski definition) is 3. The Morgan fingerprint density at radius 3 is 2.85 bits per heavy atom. The van der Waals surface area contributed by atoms with Crippen LogP contribution in [0.4, 0.5) is 0 Å². The number of para-hydroxylation sites is 1. The zero-order valence-corrected chi connectivity index (χ0v) is 19.7. The number of halogens is 2. The molecule has 1 saturated carbocycles. The fourth-order valence-electron chi connectivity index (χ4n) is 4.00. The molecule has 2 fully saturated rings. The fourth-order valence-corrected chi connectivity index (χ4v) is 4.38. The summed E-state index contributed by atoms with van der Waals surface area (Å²) in [5, 5.41) is 6.97. The quantitative estimate of drug-likeness (QED) is 0.341. The Balaban J connectivity index is 0.00000243. The van der Waals surface area contributed by atoms with Crippen LogP contribution in [-0.4, -0.2) is 44.4 Å². The monoisotopic (exact) mass is 537 g/mol. The zero-order chi connectivity index (χ0) is 18.0. The molecule has 1 aliphatic carbocycles. The molecule has 2 N–H and O–H groups in total. The maximum atomic E-state index is 5.98. The van der Waals surface area contributed by atoms with Crippen LogP contribution in [-0.2, 0) is 4.74 Å². The lowest BCUT2D eigenvalue weighted by molar-refractivity contribution is -0.106. The molecule has 1 aromatic rings. The second-order valence-electron chi connectivity index (χ2n) is 7.50. The van der Waals surface area contributed by atoms with Crippen molar-refractivity contribution >= 4 is 45.9 Å². The lowest BCUT2D eigenvalue weighted by Crippen LogP contribution is -2.68. The van der Waals surface area contributed by atoms with Gasteiger partial charge in [0.1, 0.15) is 11.9 Å². The zero-order valence-electron chi connectivity index (χ0n) is 15.8. The number of benzene rings is 1. The second kappa shape index (κ2) is 9.10. The van der Waals surface area contributed by atoms with Gasteiger partial charge in [-0.2, -0.15) is 0 Å². The highest BCUT2D eigenvalue weighted by atomic mass is 127. The van der Waals surface area contributed by atoms with Crippen molar-refractivity contribution in [2.45, 2.75) is 45.4 Å². The Kier molecular flexibility index (Phi) is 7.62. The van der Waals surface area contributed by atoms with Gasteiger partial charge in [0.2, 0.25) is 0 Å². The first-order valence-electron chi connectivity index (χ1n) is 8.93. The number of guanidine groups is 1. The van der Waals surface area contributed by atoms with Gasteiger partial charge in [-0.15, -0.1) is 24.0 Å². The Labute approximate surface area is 181 Å². The molecule has 0 amide bonds. The third-order valence-corrected chi connectivity index (χ3v) is 5.99. The highest BCUT2D eigenvalue weighted by Crippen LogP contribution is 2.52. The number of nitrogens with one attached hydrogen (secondary N) is 2. The second-order valence-corrected chi connectivity index (χ2v) is 8.35. The molecule has 1 saturated heterocycles. The van der Waals surface area contributed by atoms with Gasteiger partial charge in [0.25, 0.3) is 0 Å². The van der Waals surface area contributed by atoms with Crippen molar-refractivity contribution in [3.8, 4) is 5.75 Å². The molecule has 7 heteroatoms. The summed E-state index contributed by atoms with van der Waals surface area (Å²) in [5.74, 6) is 2.26. The summed E-state index contributed by atoms with van der Waals surface area (Å²) >= 11 is 3.51. The normalized spacial score (nSPS) is 27.6. The van der Waals surface area contributed by atoms with Gasteiger partial charge in [-0.3, -0.25) is 4.99 Å². The first-order chi connectivity index (χ1) is 11.9. The third-order valence-electron chi connectivity index (χ3n) is 5.34. The molecule has 2 aliphatic rings. The van der Waals surface area contributed by atoms with Crippen molar-refractivity contribution in [1.29, 1.82) is 0 Å². The van der Waals surface area contributed by atoms with Gasteiger partial charge in [-0.05, 0) is 41.4 Å². The number of hydrogen-bond donors (Lipinski definition) is 2. The molecule has 1 heterocycles. The van der Waals surface area contributed by atoms with E-state index in [1.165, 1.54) is 0 Å². The van der Waals surface area contributed by atoms with Crippen molar-refractivity contribution in [3.05, 3.63) is 28.7 Å². The van der Waals surface area contributed by atoms with Crippen LogP contribution in [0, 0.1) is 11.3 Å². The maximum Gasteiger partial charge on any atom is 0.191 e. The minimum absolute atomic E-state index is 0. The van der Waals surface area contributed by atoms with Crippen LogP contribution in [0.2, 0.25) is 0 Å². The molecule has 1 aromatic carbocycles. The van der Waals surface area contributed by atoms with Crippen molar-refractivity contribution in [3.63, 3.8) is 0 Å². The van der Waals surface area contributed by atoms with E-state index in [0.717, 1.165) is 29.2 Å². The minimum Gasteiger partial charge on any atom is -0.488 e. The highest BCUT2D eigenvalue weighted by Gasteiger charge is 2.59. The average molecular weight is 538 g/mol. The molecule has 0 radical (unpaired) electrons. The first-order valence-corrected chi connectivity index (χ1v) is 9.72. The van der Waals surface area contributed by atoms with Gasteiger partial charge in [0.05, 0.1) is 17.1 Å². The SMILES string of the molecule is CN=C(NCC(C)Oc1ccccc1Br)NC1C2CCOC2C1(C)C.I. The summed E-state index contributed by atoms with van der Waals surface area (Å²) in [6.07, 6.45) is 1.53. The van der Waals surface area contributed by atoms with E-state index in [4.69, 9.17) is 9.47 Å². The van der Waals surface area contributed by atoms with E-state index in [9.17, 15) is 0 Å². The van der Waals surface area contributed by atoms with Gasteiger partial charge in [0.15, 0.2) is 5.96 Å². The molecular weight excluding hydrogens is 509 g/mol. The van der Waals surface area contributed by atoms with Gasteiger partial charge < -0.3 is 20.1 Å². The smallest absolute Gasteiger partial charge is 0.191 e. The minimum atomic E-state index is 0. The lowest BCUT2D eigenvalue weighted by atomic mass is 9.57. The van der Waals surface area contributed by atoms with Crippen LogP contribution in [0.5, 0.6) is 5.75 Å². The topological polar surface area (TPSA) is 54.9 Å². The average Bonchev–Trinajstić information content (AvgIpc) is 3.04. The van der Waals surface area contributed by atoms with Crippen LogP contribution >= 0.6 is 39.9 Å². The van der Waals surface area contributed by atoms with Crippen LogP contribution in [0.3, 0.4) is 0 Å². The van der Waals surface area contributed by atoms with Gasteiger partial charge in [-0.1, -0.05) is 26.0 Å². The summed E-state index contributed by atoms with van der Waals surface area (Å²) in [4.78, 5) is 4.37. The number of nitrogens with zero attached hydrogens (tertiary/aromatic N) is 1. The van der Waals surface area contributed by atoms with E-state index in [0.29, 0.717) is 24.6 Å². The largest absolute Gasteiger partial charge is 0.488 e. The molecule has 0 spiro atoms. The predicted octanol–water partition coefficient (Wildman–Crippen LogP) is 3.81. The van der Waals surface area contributed by atoms with E-state index >= 15 is 0 Å². The Morgan fingerprint density at radius 1 is 1.42 bits per heavy atom. The standard InChI is InChI=1S/C19H28BrN3O2.HI/c1-12(25-15-8-6-5-7-14(15)20)11-22-18(21-4)23-16-13-9-10-24-17(13)19(16,2)3;/h5-8,12-13,16-17H,9-11H2,1-4H3,(H2,21,22,23);1H. The van der Waals surface area contributed by atoms with Crippen molar-refractivity contribution in [2.75, 3.05) is 20.2 Å². The summed E-state index contributed by atoms with van der Waals surface area (Å²) in [6.45, 7) is 8.14. The Morgan fingerprint density at radius 2 is 2.15 bits per heavy atom. The van der Waals surface area contributed by atoms with Crippen molar-refractivity contribution < 1.29 is 9.47 Å². The highest BCUT2D eigenvalue weighted by molar-refractivity contribution is 14.0. The van der Waals surface area contributed by atoms with E-state index < -0.39 is 0 Å². The molecule has 1 aliphatic heterocycles. The molecule has 4 atom stereocenters. The molecule has 4 unspecified atom stereocenters. The van der Waals surface area contributed by atoms with E-state index in [-0.39, 0.29) is 35.5 Å². The molecule has 26 heavy (non-hydrogen) atoms. The molecule has 0 aromatic heterocycles. The Bertz CT molecular complexity index is 641. The van der Waals surface area contributed by atoms with Gasteiger partial charge in [0, 0.05) is 31.0 Å². The maximum absolute atomic E-state index is 5.98. The molecule has 146 valence electrons. The van der Waals surface area contributed by atoms with Crippen molar-refractivity contribution in [1.82, 2.24) is 10.6 Å². The van der Waals surface area contributed by atoms with Crippen LogP contribution in [0.25, 0.3) is 0 Å². The molecular formula is C19H29BrIN3O2. The molecule has 5 nitrogen and oxygen atoms in total. The third kappa shape index (κ3) is 4.47. The first kappa shape index (κ1) is 21.8. The fraction of sp³-hybridized carbons (Fsp3) is 0.632. The number of aliphatic imine (C=N–C) groups is 1. The van der Waals surface area contributed by atoms with Crippen LogP contribution in [0.15, 0.2) is 33.7 Å². The van der Waals surface area contributed by atoms with Crippen molar-refractivity contribution in [2.24, 2.45) is 16.3 Å². The lowest BCUT2D eigenvalue weighted by Gasteiger charge is -2.54. The molecule has 0 bridgehead atoms. The van der Waals surface area contributed by atoms with E-state index in [1.54, 1.807) is 0 Å². The van der Waals surface area contributed by atoms with Crippen LogP contribution in [0.1, 0.15) is 27.2 Å². The summed E-state index contributed by atoms with van der Waals surface area (Å²) in [5.41, 5.74) is 0.135. The number of ether oxygens (including phenoxy) is 2. The predicted molar refractivity (Wildman–Crippen MR) is 120 cm³/mol. The van der Waals surface area contributed by atoms with E-state index in [2.05, 4.69) is 45.4 Å². The number of rotatable bonds is 5. The molecule has 3 rings (SSSR count). The van der Waals surface area contributed by atoms with Gasteiger partial charge in [-0.25, -0.2) is 0 Å². The van der Waals surface area contributed by atoms with E-state index in [1.807, 2.05) is 38.2 Å². The number of fused-ring (bicyclic) bond motifs is 1. The van der Waals surface area contributed by atoms with Gasteiger partial charge >= 0.3 is 0 Å². The summed E-state index contributed by atoms with van der Waals surface area (Å²) < 4.78 is 12.8. The van der Waals surface area contributed by atoms with Crippen LogP contribution < -0.4 is 15.4 Å². The summed E-state index contributed by atoms with van der Waals surface area (Å²) in [6, 6.07) is 8.29.